The lowest BCUT2D eigenvalue weighted by Crippen LogP contribution is -2.58. The summed E-state index contributed by atoms with van der Waals surface area (Å²) in [6, 6.07) is 0.326. The third kappa shape index (κ3) is 2.07. The van der Waals surface area contributed by atoms with Gasteiger partial charge in [-0.1, -0.05) is 6.92 Å². The fourth-order valence-electron chi connectivity index (χ4n) is 1.88. The fraction of sp³-hybridized carbons (Fsp3) is 0.900. The monoisotopic (exact) mass is 198 g/mol. The van der Waals surface area contributed by atoms with Crippen molar-refractivity contribution in [3.8, 4) is 0 Å². The molecule has 14 heavy (non-hydrogen) atoms. The van der Waals surface area contributed by atoms with Crippen LogP contribution >= 0.6 is 0 Å². The molecule has 0 spiro atoms. The Kier molecular flexibility index (Phi) is 3.03. The number of hydrogen-bond donors (Lipinski definition) is 2. The van der Waals surface area contributed by atoms with Gasteiger partial charge in [0.25, 0.3) is 0 Å². The third-order valence-corrected chi connectivity index (χ3v) is 2.98. The van der Waals surface area contributed by atoms with Gasteiger partial charge in [-0.05, 0) is 19.3 Å². The third-order valence-electron chi connectivity index (χ3n) is 2.98. The minimum atomic E-state index is -0.194. The second kappa shape index (κ2) is 4.28. The van der Waals surface area contributed by atoms with E-state index in [2.05, 4.69) is 17.6 Å². The van der Waals surface area contributed by atoms with Crippen LogP contribution in [0.4, 0.5) is 0 Å². The lowest BCUT2D eigenvalue weighted by atomic mass is 10.1. The van der Waals surface area contributed by atoms with Crippen LogP contribution < -0.4 is 10.6 Å². The lowest BCUT2D eigenvalue weighted by molar-refractivity contribution is -0.133. The van der Waals surface area contributed by atoms with Crippen molar-refractivity contribution in [1.29, 1.82) is 0 Å². The Labute approximate surface area is 84.4 Å². The molecular weight excluding hydrogens is 180 g/mol. The molecule has 2 fully saturated rings. The number of hydrogen-bond acceptors (Lipinski definition) is 3. The van der Waals surface area contributed by atoms with Gasteiger partial charge in [-0.2, -0.15) is 0 Å². The average Bonchev–Trinajstić information content (AvgIpc) is 2.59. The number of ether oxygens (including phenoxy) is 1. The van der Waals surface area contributed by atoms with Crippen molar-refractivity contribution in [2.75, 3.05) is 13.1 Å². The van der Waals surface area contributed by atoms with Crippen LogP contribution in [0.2, 0.25) is 0 Å². The molecule has 2 heterocycles. The van der Waals surface area contributed by atoms with Crippen molar-refractivity contribution in [2.24, 2.45) is 0 Å². The highest BCUT2D eigenvalue weighted by Crippen LogP contribution is 2.21. The number of rotatable bonds is 3. The van der Waals surface area contributed by atoms with E-state index in [0.717, 1.165) is 32.4 Å². The van der Waals surface area contributed by atoms with Crippen LogP contribution in [-0.4, -0.2) is 37.2 Å². The van der Waals surface area contributed by atoms with E-state index >= 15 is 0 Å². The largest absolute Gasteiger partial charge is 0.365 e. The van der Waals surface area contributed by atoms with Gasteiger partial charge < -0.3 is 15.4 Å². The van der Waals surface area contributed by atoms with E-state index in [9.17, 15) is 4.79 Å². The highest BCUT2D eigenvalue weighted by atomic mass is 16.5. The van der Waals surface area contributed by atoms with Gasteiger partial charge in [0.2, 0.25) is 5.91 Å². The zero-order valence-electron chi connectivity index (χ0n) is 8.58. The Morgan fingerprint density at radius 3 is 2.79 bits per heavy atom. The van der Waals surface area contributed by atoms with Crippen LogP contribution in [0.5, 0.6) is 0 Å². The smallest absolute Gasteiger partial charge is 0.249 e. The number of carbonyl (C=O) groups is 1. The standard InChI is InChI=1S/C10H18N2O2/c1-2-8-3-4-9(14-8)10(13)12-7-5-11-6-7/h7-9,11H,2-6H2,1H3,(H,12,13). The van der Waals surface area contributed by atoms with Crippen LogP contribution in [0.25, 0.3) is 0 Å². The van der Waals surface area contributed by atoms with Gasteiger partial charge in [0.1, 0.15) is 6.10 Å². The van der Waals surface area contributed by atoms with Crippen molar-refractivity contribution in [3.05, 3.63) is 0 Å². The molecule has 2 unspecified atom stereocenters. The minimum Gasteiger partial charge on any atom is -0.365 e. The predicted molar refractivity (Wildman–Crippen MR) is 53.0 cm³/mol. The topological polar surface area (TPSA) is 50.4 Å². The van der Waals surface area contributed by atoms with Crippen molar-refractivity contribution in [3.63, 3.8) is 0 Å². The molecule has 0 aromatic heterocycles. The second-order valence-electron chi connectivity index (χ2n) is 4.10. The number of amides is 1. The van der Waals surface area contributed by atoms with Crippen LogP contribution in [0.3, 0.4) is 0 Å². The maximum Gasteiger partial charge on any atom is 0.249 e. The van der Waals surface area contributed by atoms with Crippen LogP contribution in [0, 0.1) is 0 Å². The van der Waals surface area contributed by atoms with Gasteiger partial charge in [-0.25, -0.2) is 0 Å². The molecule has 2 saturated heterocycles. The normalized spacial score (nSPS) is 32.6. The molecule has 2 aliphatic rings. The van der Waals surface area contributed by atoms with Gasteiger partial charge in [-0.15, -0.1) is 0 Å². The summed E-state index contributed by atoms with van der Waals surface area (Å²) in [5.41, 5.74) is 0. The molecule has 2 rings (SSSR count). The van der Waals surface area contributed by atoms with E-state index in [1.807, 2.05) is 0 Å². The number of carbonyl (C=O) groups excluding carboxylic acids is 1. The molecule has 0 aromatic carbocycles. The highest BCUT2D eigenvalue weighted by Gasteiger charge is 2.31. The summed E-state index contributed by atoms with van der Waals surface area (Å²) < 4.78 is 5.61. The first-order valence-electron chi connectivity index (χ1n) is 5.46. The SMILES string of the molecule is CCC1CCC(C(=O)NC2CNC2)O1. The lowest BCUT2D eigenvalue weighted by Gasteiger charge is -2.29. The van der Waals surface area contributed by atoms with Gasteiger partial charge >= 0.3 is 0 Å². The molecule has 0 bridgehead atoms. The summed E-state index contributed by atoms with van der Waals surface area (Å²) in [5.74, 6) is 0.0763. The van der Waals surface area contributed by atoms with E-state index < -0.39 is 0 Å². The van der Waals surface area contributed by atoms with Gasteiger partial charge in [0.05, 0.1) is 12.1 Å². The summed E-state index contributed by atoms with van der Waals surface area (Å²) >= 11 is 0. The summed E-state index contributed by atoms with van der Waals surface area (Å²) in [6.07, 6.45) is 3.02. The minimum absolute atomic E-state index is 0.0763. The molecule has 0 saturated carbocycles. The zero-order chi connectivity index (χ0) is 9.97. The molecule has 2 aliphatic heterocycles. The molecule has 2 N–H and O–H groups in total. The Bertz CT molecular complexity index is 216. The van der Waals surface area contributed by atoms with Crippen LogP contribution in [0.1, 0.15) is 26.2 Å². The van der Waals surface area contributed by atoms with E-state index in [1.165, 1.54) is 0 Å². The molecule has 1 amide bonds. The van der Waals surface area contributed by atoms with Crippen molar-refractivity contribution in [1.82, 2.24) is 10.6 Å². The van der Waals surface area contributed by atoms with E-state index in [1.54, 1.807) is 0 Å². The summed E-state index contributed by atoms with van der Waals surface area (Å²) in [5, 5.41) is 6.10. The van der Waals surface area contributed by atoms with Crippen LogP contribution in [-0.2, 0) is 9.53 Å². The molecule has 0 aromatic rings. The summed E-state index contributed by atoms with van der Waals surface area (Å²) in [6.45, 7) is 3.89. The summed E-state index contributed by atoms with van der Waals surface area (Å²) in [4.78, 5) is 11.6. The Hall–Kier alpha value is -0.610. The molecule has 0 aliphatic carbocycles. The van der Waals surface area contributed by atoms with Gasteiger partial charge in [-0.3, -0.25) is 4.79 Å². The second-order valence-corrected chi connectivity index (χ2v) is 4.10. The van der Waals surface area contributed by atoms with E-state index in [4.69, 9.17) is 4.74 Å². The predicted octanol–water partition coefficient (Wildman–Crippen LogP) is 0.0320. The Morgan fingerprint density at radius 2 is 2.29 bits per heavy atom. The molecule has 4 nitrogen and oxygen atoms in total. The van der Waals surface area contributed by atoms with Crippen molar-refractivity contribution >= 4 is 5.91 Å². The van der Waals surface area contributed by atoms with Crippen molar-refractivity contribution < 1.29 is 9.53 Å². The van der Waals surface area contributed by atoms with E-state index in [0.29, 0.717) is 12.1 Å². The average molecular weight is 198 g/mol. The highest BCUT2D eigenvalue weighted by molar-refractivity contribution is 5.81. The molecule has 0 radical (unpaired) electrons. The molecular formula is C10H18N2O2. The van der Waals surface area contributed by atoms with Gasteiger partial charge in [0, 0.05) is 13.1 Å². The van der Waals surface area contributed by atoms with Crippen LogP contribution in [0.15, 0.2) is 0 Å². The zero-order valence-corrected chi connectivity index (χ0v) is 8.58. The molecule has 2 atom stereocenters. The molecule has 4 heteroatoms. The quantitative estimate of drug-likeness (QED) is 0.673. The first-order valence-corrected chi connectivity index (χ1v) is 5.46. The van der Waals surface area contributed by atoms with Crippen molar-refractivity contribution in [2.45, 2.75) is 44.4 Å². The number of nitrogens with one attached hydrogen (secondary N) is 2. The molecule has 80 valence electrons. The first-order chi connectivity index (χ1) is 6.79. The first kappa shape index (κ1) is 9.93. The fourth-order valence-corrected chi connectivity index (χ4v) is 1.88. The Morgan fingerprint density at radius 1 is 1.50 bits per heavy atom. The Balaban J connectivity index is 1.74. The maximum atomic E-state index is 11.6. The summed E-state index contributed by atoms with van der Waals surface area (Å²) in [7, 11) is 0. The van der Waals surface area contributed by atoms with Gasteiger partial charge in [0.15, 0.2) is 0 Å². The van der Waals surface area contributed by atoms with E-state index in [-0.39, 0.29) is 12.0 Å². The maximum absolute atomic E-state index is 11.6.